The van der Waals surface area contributed by atoms with Gasteiger partial charge in [-0.3, -0.25) is 0 Å². The van der Waals surface area contributed by atoms with Crippen molar-refractivity contribution in [3.63, 3.8) is 0 Å². The highest BCUT2D eigenvalue weighted by molar-refractivity contribution is 5.49. The van der Waals surface area contributed by atoms with E-state index in [9.17, 15) is 9.18 Å². The zero-order valence-electron chi connectivity index (χ0n) is 8.37. The summed E-state index contributed by atoms with van der Waals surface area (Å²) in [7, 11) is 0. The van der Waals surface area contributed by atoms with Crippen LogP contribution in [0.5, 0.6) is 0 Å². The highest BCUT2D eigenvalue weighted by Crippen LogP contribution is 2.16. The van der Waals surface area contributed by atoms with E-state index in [0.717, 1.165) is 12.7 Å². The monoisotopic (exact) mass is 194 g/mol. The number of aldehydes is 1. The standard InChI is InChI=1S/C12H15FO/c1-2-10(7-8-14)9-11-5-3-4-6-12(11)13/h3-6,8,10H,2,7,9H2,1H3. The number of carbonyl (C=O) groups excluding carboxylic acids is 1. The van der Waals surface area contributed by atoms with Crippen LogP contribution in [-0.4, -0.2) is 6.29 Å². The van der Waals surface area contributed by atoms with Crippen molar-refractivity contribution in [3.05, 3.63) is 35.6 Å². The first-order valence-electron chi connectivity index (χ1n) is 4.95. The predicted molar refractivity (Wildman–Crippen MR) is 54.6 cm³/mol. The molecule has 2 heteroatoms. The number of halogens is 1. The fourth-order valence-electron chi connectivity index (χ4n) is 1.51. The molecule has 0 aliphatic rings. The molecular weight excluding hydrogens is 179 g/mol. The van der Waals surface area contributed by atoms with Gasteiger partial charge in [0.25, 0.3) is 0 Å². The molecule has 0 radical (unpaired) electrons. The molecule has 14 heavy (non-hydrogen) atoms. The number of carbonyl (C=O) groups is 1. The molecule has 0 amide bonds. The third-order valence-electron chi connectivity index (χ3n) is 2.47. The molecule has 0 bridgehead atoms. The van der Waals surface area contributed by atoms with E-state index in [0.29, 0.717) is 18.4 Å². The molecule has 1 aromatic rings. The molecule has 1 unspecified atom stereocenters. The minimum Gasteiger partial charge on any atom is -0.303 e. The van der Waals surface area contributed by atoms with E-state index in [4.69, 9.17) is 0 Å². The second-order valence-electron chi connectivity index (χ2n) is 3.47. The Labute approximate surface area is 83.9 Å². The van der Waals surface area contributed by atoms with Crippen molar-refractivity contribution in [2.75, 3.05) is 0 Å². The van der Waals surface area contributed by atoms with Gasteiger partial charge in [0.15, 0.2) is 0 Å². The lowest BCUT2D eigenvalue weighted by Crippen LogP contribution is -2.05. The van der Waals surface area contributed by atoms with Crippen LogP contribution in [0.15, 0.2) is 24.3 Å². The van der Waals surface area contributed by atoms with Gasteiger partial charge in [0, 0.05) is 6.42 Å². The molecule has 1 atom stereocenters. The summed E-state index contributed by atoms with van der Waals surface area (Å²) in [5, 5.41) is 0. The molecule has 0 spiro atoms. The Morgan fingerprint density at radius 1 is 1.43 bits per heavy atom. The molecule has 76 valence electrons. The van der Waals surface area contributed by atoms with E-state index in [1.54, 1.807) is 12.1 Å². The smallest absolute Gasteiger partial charge is 0.126 e. The normalized spacial score (nSPS) is 12.4. The molecule has 0 aliphatic heterocycles. The van der Waals surface area contributed by atoms with E-state index in [1.165, 1.54) is 6.07 Å². The van der Waals surface area contributed by atoms with Gasteiger partial charge in [-0.1, -0.05) is 31.5 Å². The molecule has 1 aromatic carbocycles. The van der Waals surface area contributed by atoms with Gasteiger partial charge in [-0.05, 0) is 24.0 Å². The zero-order valence-corrected chi connectivity index (χ0v) is 8.37. The zero-order chi connectivity index (χ0) is 10.4. The number of hydrogen-bond acceptors (Lipinski definition) is 1. The second kappa shape index (κ2) is 5.53. The first kappa shape index (κ1) is 10.9. The summed E-state index contributed by atoms with van der Waals surface area (Å²) < 4.78 is 13.2. The number of rotatable bonds is 5. The Bertz CT molecular complexity index is 296. The van der Waals surface area contributed by atoms with Gasteiger partial charge in [-0.25, -0.2) is 4.39 Å². The summed E-state index contributed by atoms with van der Waals surface area (Å²) in [5.74, 6) is 0.0984. The first-order valence-corrected chi connectivity index (χ1v) is 4.95. The maximum absolute atomic E-state index is 13.2. The van der Waals surface area contributed by atoms with Crippen molar-refractivity contribution in [1.29, 1.82) is 0 Å². The topological polar surface area (TPSA) is 17.1 Å². The maximum atomic E-state index is 13.2. The van der Waals surface area contributed by atoms with Crippen LogP contribution in [0.3, 0.4) is 0 Å². The first-order chi connectivity index (χ1) is 6.77. The third kappa shape index (κ3) is 2.95. The van der Waals surface area contributed by atoms with Crippen molar-refractivity contribution >= 4 is 6.29 Å². The summed E-state index contributed by atoms with van der Waals surface area (Å²) in [5.41, 5.74) is 0.709. The van der Waals surface area contributed by atoms with E-state index in [2.05, 4.69) is 0 Å². The molecule has 1 rings (SSSR count). The van der Waals surface area contributed by atoms with Crippen LogP contribution in [0.2, 0.25) is 0 Å². The second-order valence-corrected chi connectivity index (χ2v) is 3.47. The lowest BCUT2D eigenvalue weighted by Gasteiger charge is -2.11. The molecule has 0 N–H and O–H groups in total. The molecule has 0 fully saturated rings. The quantitative estimate of drug-likeness (QED) is 0.658. The van der Waals surface area contributed by atoms with Crippen LogP contribution in [0.4, 0.5) is 4.39 Å². The van der Waals surface area contributed by atoms with Crippen LogP contribution < -0.4 is 0 Å². The molecule has 0 aliphatic carbocycles. The van der Waals surface area contributed by atoms with Crippen molar-refractivity contribution in [2.24, 2.45) is 5.92 Å². The van der Waals surface area contributed by atoms with Crippen molar-refractivity contribution in [2.45, 2.75) is 26.2 Å². The van der Waals surface area contributed by atoms with Crippen LogP contribution in [0.25, 0.3) is 0 Å². The fraction of sp³-hybridized carbons (Fsp3) is 0.417. The minimum atomic E-state index is -0.170. The Balaban J connectivity index is 2.66. The summed E-state index contributed by atoms with van der Waals surface area (Å²) >= 11 is 0. The van der Waals surface area contributed by atoms with E-state index in [1.807, 2.05) is 13.0 Å². The van der Waals surface area contributed by atoms with E-state index >= 15 is 0 Å². The molecule has 0 aromatic heterocycles. The summed E-state index contributed by atoms with van der Waals surface area (Å²) in [4.78, 5) is 10.4. The van der Waals surface area contributed by atoms with Crippen molar-refractivity contribution < 1.29 is 9.18 Å². The fourth-order valence-corrected chi connectivity index (χ4v) is 1.51. The van der Waals surface area contributed by atoms with E-state index < -0.39 is 0 Å². The Morgan fingerprint density at radius 2 is 2.14 bits per heavy atom. The molecule has 1 nitrogen and oxygen atoms in total. The van der Waals surface area contributed by atoms with E-state index in [-0.39, 0.29) is 11.7 Å². The van der Waals surface area contributed by atoms with Crippen LogP contribution in [0, 0.1) is 11.7 Å². The van der Waals surface area contributed by atoms with Gasteiger partial charge < -0.3 is 4.79 Å². The van der Waals surface area contributed by atoms with Gasteiger partial charge in [0.1, 0.15) is 12.1 Å². The molecular formula is C12H15FO. The number of benzene rings is 1. The minimum absolute atomic E-state index is 0.170. The Kier molecular flexibility index (Phi) is 4.30. The summed E-state index contributed by atoms with van der Waals surface area (Å²) in [6.07, 6.45) is 2.99. The van der Waals surface area contributed by atoms with Gasteiger partial charge in [0.2, 0.25) is 0 Å². The average molecular weight is 194 g/mol. The van der Waals surface area contributed by atoms with Crippen LogP contribution >= 0.6 is 0 Å². The number of hydrogen-bond donors (Lipinski definition) is 0. The van der Waals surface area contributed by atoms with Crippen molar-refractivity contribution in [3.8, 4) is 0 Å². The maximum Gasteiger partial charge on any atom is 0.126 e. The van der Waals surface area contributed by atoms with Gasteiger partial charge in [-0.2, -0.15) is 0 Å². The van der Waals surface area contributed by atoms with Gasteiger partial charge in [0.05, 0.1) is 0 Å². The van der Waals surface area contributed by atoms with Crippen LogP contribution in [-0.2, 0) is 11.2 Å². The highest BCUT2D eigenvalue weighted by atomic mass is 19.1. The van der Waals surface area contributed by atoms with Gasteiger partial charge in [-0.15, -0.1) is 0 Å². The molecule has 0 saturated carbocycles. The summed E-state index contributed by atoms with van der Waals surface area (Å²) in [6, 6.07) is 6.75. The third-order valence-corrected chi connectivity index (χ3v) is 2.47. The Hall–Kier alpha value is -1.18. The largest absolute Gasteiger partial charge is 0.303 e. The van der Waals surface area contributed by atoms with Gasteiger partial charge >= 0.3 is 0 Å². The average Bonchev–Trinajstić information content (AvgIpc) is 2.20. The molecule has 0 saturated heterocycles. The van der Waals surface area contributed by atoms with Crippen LogP contribution in [0.1, 0.15) is 25.3 Å². The predicted octanol–water partition coefficient (Wildman–Crippen LogP) is 2.98. The Morgan fingerprint density at radius 3 is 2.71 bits per heavy atom. The lowest BCUT2D eigenvalue weighted by molar-refractivity contribution is -0.108. The van der Waals surface area contributed by atoms with Crippen molar-refractivity contribution in [1.82, 2.24) is 0 Å². The molecule has 0 heterocycles. The SMILES string of the molecule is CCC(CC=O)Cc1ccccc1F. The highest BCUT2D eigenvalue weighted by Gasteiger charge is 2.09. The summed E-state index contributed by atoms with van der Waals surface area (Å²) in [6.45, 7) is 2.02. The lowest BCUT2D eigenvalue weighted by atomic mass is 9.94.